The third kappa shape index (κ3) is 4.05. The Morgan fingerprint density at radius 2 is 1.39 bits per heavy atom. The van der Waals surface area contributed by atoms with E-state index in [0.717, 1.165) is 0 Å². The Hall–Kier alpha value is -2.92. The van der Waals surface area contributed by atoms with Crippen LogP contribution in [-0.4, -0.2) is 28.3 Å². The molecule has 1 unspecified atom stereocenters. The molecular formula is C18H16O5. The molecule has 2 aromatic rings. The molecule has 0 bridgehead atoms. The van der Waals surface area contributed by atoms with Gasteiger partial charge in [-0.15, -0.1) is 0 Å². The number of aliphatic hydroxyl groups is 1. The Labute approximate surface area is 133 Å². The van der Waals surface area contributed by atoms with E-state index in [4.69, 9.17) is 9.84 Å². The molecule has 0 fully saturated rings. The molecule has 0 radical (unpaired) electrons. The van der Waals surface area contributed by atoms with Gasteiger partial charge in [-0.2, -0.15) is 0 Å². The van der Waals surface area contributed by atoms with E-state index >= 15 is 0 Å². The summed E-state index contributed by atoms with van der Waals surface area (Å²) in [5, 5.41) is 18.4. The van der Waals surface area contributed by atoms with Gasteiger partial charge in [-0.05, 0) is 48.9 Å². The van der Waals surface area contributed by atoms with Crippen molar-refractivity contribution in [2.75, 3.05) is 0 Å². The number of rotatable bonds is 6. The van der Waals surface area contributed by atoms with Gasteiger partial charge in [0.15, 0.2) is 5.78 Å². The number of aliphatic hydroxyl groups excluding tert-OH is 1. The van der Waals surface area contributed by atoms with E-state index in [1.807, 2.05) is 0 Å². The van der Waals surface area contributed by atoms with Crippen LogP contribution < -0.4 is 4.74 Å². The maximum atomic E-state index is 12.3. The first-order chi connectivity index (χ1) is 10.9. The van der Waals surface area contributed by atoms with Crippen LogP contribution in [0.1, 0.15) is 33.2 Å². The van der Waals surface area contributed by atoms with Crippen molar-refractivity contribution in [2.24, 2.45) is 0 Å². The molecular weight excluding hydrogens is 296 g/mol. The lowest BCUT2D eigenvalue weighted by molar-refractivity contribution is 0.0151. The number of ether oxygens (including phenoxy) is 1. The Kier molecular flexibility index (Phi) is 4.93. The van der Waals surface area contributed by atoms with Gasteiger partial charge in [-0.3, -0.25) is 4.79 Å². The Bertz CT molecular complexity index is 729. The lowest BCUT2D eigenvalue weighted by atomic mass is 10.0. The Morgan fingerprint density at radius 1 is 0.957 bits per heavy atom. The van der Waals surface area contributed by atoms with Gasteiger partial charge in [0.1, 0.15) is 5.75 Å². The molecule has 5 heteroatoms. The normalized spacial score (nSPS) is 11.6. The fourth-order valence-corrected chi connectivity index (χ4v) is 1.85. The standard InChI is InChI=1S/C18H16O5/c1-11(2)18(22)23-15-9-7-13(8-10-15)16(19)12-3-5-14(6-4-12)17(20)21/h3-10,18,22H,1H2,2H3,(H,20,21). The zero-order valence-corrected chi connectivity index (χ0v) is 12.5. The Morgan fingerprint density at radius 3 is 1.83 bits per heavy atom. The molecule has 0 aliphatic carbocycles. The largest absolute Gasteiger partial charge is 0.478 e. The van der Waals surface area contributed by atoms with Gasteiger partial charge in [-0.25, -0.2) is 4.79 Å². The Balaban J connectivity index is 2.13. The first-order valence-corrected chi connectivity index (χ1v) is 6.86. The number of carbonyl (C=O) groups excluding carboxylic acids is 1. The molecule has 5 nitrogen and oxygen atoms in total. The van der Waals surface area contributed by atoms with Crippen molar-refractivity contribution in [2.45, 2.75) is 13.2 Å². The zero-order valence-electron chi connectivity index (χ0n) is 12.5. The molecule has 0 aromatic heterocycles. The fraction of sp³-hybridized carbons (Fsp3) is 0.111. The fourth-order valence-electron chi connectivity index (χ4n) is 1.85. The van der Waals surface area contributed by atoms with Crippen molar-refractivity contribution < 1.29 is 24.5 Å². The van der Waals surface area contributed by atoms with Crippen molar-refractivity contribution in [3.05, 3.63) is 77.4 Å². The first kappa shape index (κ1) is 16.5. The molecule has 0 aliphatic rings. The predicted octanol–water partition coefficient (Wildman–Crippen LogP) is 2.89. The van der Waals surface area contributed by atoms with Crippen LogP contribution in [0.4, 0.5) is 0 Å². The van der Waals surface area contributed by atoms with Gasteiger partial charge < -0.3 is 14.9 Å². The molecule has 0 saturated carbocycles. The summed E-state index contributed by atoms with van der Waals surface area (Å²) in [5.41, 5.74) is 1.43. The van der Waals surface area contributed by atoms with Crippen LogP contribution in [0.25, 0.3) is 0 Å². The summed E-state index contributed by atoms with van der Waals surface area (Å²) in [4.78, 5) is 23.1. The van der Waals surface area contributed by atoms with Gasteiger partial charge >= 0.3 is 5.97 Å². The highest BCUT2D eigenvalue weighted by atomic mass is 16.6. The van der Waals surface area contributed by atoms with Crippen LogP contribution in [0.3, 0.4) is 0 Å². The summed E-state index contributed by atoms with van der Waals surface area (Å²) in [5.74, 6) is -0.853. The zero-order chi connectivity index (χ0) is 17.0. The molecule has 118 valence electrons. The summed E-state index contributed by atoms with van der Waals surface area (Å²) in [6.45, 7) is 5.23. The second-order valence-corrected chi connectivity index (χ2v) is 5.05. The van der Waals surface area contributed by atoms with Crippen molar-refractivity contribution in [1.29, 1.82) is 0 Å². The summed E-state index contributed by atoms with van der Waals surface area (Å²) in [6.07, 6.45) is -1.10. The number of benzene rings is 2. The number of carboxylic acid groups (broad SMARTS) is 1. The highest BCUT2D eigenvalue weighted by molar-refractivity contribution is 6.09. The summed E-state index contributed by atoms with van der Waals surface area (Å²) < 4.78 is 5.24. The van der Waals surface area contributed by atoms with Crippen LogP contribution in [0.15, 0.2) is 60.7 Å². The number of carboxylic acids is 1. The van der Waals surface area contributed by atoms with Crippen LogP contribution in [0.2, 0.25) is 0 Å². The lowest BCUT2D eigenvalue weighted by Gasteiger charge is -2.13. The summed E-state index contributed by atoms with van der Waals surface area (Å²) in [7, 11) is 0. The van der Waals surface area contributed by atoms with E-state index in [1.165, 1.54) is 24.3 Å². The van der Waals surface area contributed by atoms with E-state index in [0.29, 0.717) is 22.4 Å². The highest BCUT2D eigenvalue weighted by Crippen LogP contribution is 2.18. The molecule has 0 amide bonds. The molecule has 1 atom stereocenters. The smallest absolute Gasteiger partial charge is 0.335 e. The molecule has 0 spiro atoms. The quantitative estimate of drug-likeness (QED) is 0.487. The van der Waals surface area contributed by atoms with Gasteiger partial charge in [0.2, 0.25) is 6.29 Å². The summed E-state index contributed by atoms with van der Waals surface area (Å²) >= 11 is 0. The van der Waals surface area contributed by atoms with Crippen LogP contribution >= 0.6 is 0 Å². The number of ketones is 1. The minimum atomic E-state index is -1.10. The van der Waals surface area contributed by atoms with Gasteiger partial charge in [0.25, 0.3) is 0 Å². The van der Waals surface area contributed by atoms with Gasteiger partial charge in [0, 0.05) is 11.1 Å². The molecule has 0 heterocycles. The number of hydrogen-bond donors (Lipinski definition) is 2. The maximum absolute atomic E-state index is 12.3. The van der Waals surface area contributed by atoms with E-state index in [9.17, 15) is 14.7 Å². The van der Waals surface area contributed by atoms with Gasteiger partial charge in [0.05, 0.1) is 5.56 Å². The number of aromatic carboxylic acids is 1. The van der Waals surface area contributed by atoms with E-state index in [2.05, 4.69) is 6.58 Å². The van der Waals surface area contributed by atoms with Crippen molar-refractivity contribution in [1.82, 2.24) is 0 Å². The molecule has 2 rings (SSSR count). The monoisotopic (exact) mass is 312 g/mol. The predicted molar refractivity (Wildman–Crippen MR) is 84.7 cm³/mol. The minimum Gasteiger partial charge on any atom is -0.478 e. The van der Waals surface area contributed by atoms with E-state index < -0.39 is 12.3 Å². The molecule has 2 N–H and O–H groups in total. The highest BCUT2D eigenvalue weighted by Gasteiger charge is 2.11. The second-order valence-electron chi connectivity index (χ2n) is 5.05. The molecule has 2 aromatic carbocycles. The molecule has 0 saturated heterocycles. The van der Waals surface area contributed by atoms with E-state index in [1.54, 1.807) is 31.2 Å². The summed E-state index contributed by atoms with van der Waals surface area (Å²) in [6, 6.07) is 12.0. The third-order valence-corrected chi connectivity index (χ3v) is 3.18. The number of hydrogen-bond acceptors (Lipinski definition) is 4. The minimum absolute atomic E-state index is 0.124. The third-order valence-electron chi connectivity index (χ3n) is 3.18. The van der Waals surface area contributed by atoms with Crippen molar-refractivity contribution in [3.8, 4) is 5.75 Å². The lowest BCUT2D eigenvalue weighted by Crippen LogP contribution is -2.16. The van der Waals surface area contributed by atoms with Crippen LogP contribution in [0, 0.1) is 0 Å². The van der Waals surface area contributed by atoms with Crippen LogP contribution in [-0.2, 0) is 0 Å². The number of carbonyl (C=O) groups is 2. The second kappa shape index (κ2) is 6.89. The van der Waals surface area contributed by atoms with Gasteiger partial charge in [-0.1, -0.05) is 18.7 Å². The van der Waals surface area contributed by atoms with E-state index in [-0.39, 0.29) is 11.3 Å². The molecule has 0 aliphatic heterocycles. The first-order valence-electron chi connectivity index (χ1n) is 6.86. The molecule has 23 heavy (non-hydrogen) atoms. The topological polar surface area (TPSA) is 83.8 Å². The average Bonchev–Trinajstić information content (AvgIpc) is 2.55. The maximum Gasteiger partial charge on any atom is 0.335 e. The average molecular weight is 312 g/mol. The SMILES string of the molecule is C=C(C)C(O)Oc1ccc(C(=O)c2ccc(C(=O)O)cc2)cc1. The van der Waals surface area contributed by atoms with Crippen molar-refractivity contribution >= 4 is 11.8 Å². The van der Waals surface area contributed by atoms with Crippen molar-refractivity contribution in [3.63, 3.8) is 0 Å². The van der Waals surface area contributed by atoms with Crippen LogP contribution in [0.5, 0.6) is 5.75 Å².